The molecule has 0 saturated carbocycles. The van der Waals surface area contributed by atoms with Gasteiger partial charge in [0.15, 0.2) is 5.65 Å². The molecule has 0 fully saturated rings. The maximum atomic E-state index is 12.5. The van der Waals surface area contributed by atoms with Gasteiger partial charge in [0.05, 0.1) is 12.8 Å². The normalized spacial score (nSPS) is 10.7. The van der Waals surface area contributed by atoms with E-state index in [9.17, 15) is 14.4 Å². The number of hydrogen-bond acceptors (Lipinski definition) is 5. The third-order valence-corrected chi connectivity index (χ3v) is 3.92. The number of pyridine rings is 1. The summed E-state index contributed by atoms with van der Waals surface area (Å²) in [4.78, 5) is 41.1. The smallest absolute Gasteiger partial charge is 0.332 e. The van der Waals surface area contributed by atoms with Crippen molar-refractivity contribution < 1.29 is 9.53 Å². The van der Waals surface area contributed by atoms with Gasteiger partial charge < -0.3 is 10.1 Å². The van der Waals surface area contributed by atoms with Crippen LogP contribution in [0.15, 0.2) is 46.1 Å². The molecular formula is C17H16N4O4. The second-order valence-electron chi connectivity index (χ2n) is 5.45. The molecule has 3 rings (SSSR count). The lowest BCUT2D eigenvalue weighted by atomic mass is 10.2. The first-order valence-electron chi connectivity index (χ1n) is 7.44. The molecule has 1 aromatic carbocycles. The summed E-state index contributed by atoms with van der Waals surface area (Å²) < 4.78 is 7.35. The number of aromatic nitrogens is 3. The van der Waals surface area contributed by atoms with Crippen molar-refractivity contribution in [1.82, 2.24) is 14.1 Å². The number of carbonyl (C=O) groups is 1. The minimum absolute atomic E-state index is 0.170. The van der Waals surface area contributed by atoms with Crippen LogP contribution in [0.3, 0.4) is 0 Å². The maximum absolute atomic E-state index is 12.5. The Kier molecular flexibility index (Phi) is 4.10. The average molecular weight is 340 g/mol. The van der Waals surface area contributed by atoms with Gasteiger partial charge in [-0.1, -0.05) is 6.07 Å². The molecule has 0 saturated heterocycles. The number of carbonyl (C=O) groups excluding carboxylic acids is 1. The van der Waals surface area contributed by atoms with Crippen LogP contribution in [0.1, 0.15) is 10.4 Å². The van der Waals surface area contributed by atoms with Gasteiger partial charge in [0, 0.05) is 25.9 Å². The number of ether oxygens (including phenoxy) is 1. The molecule has 0 bridgehead atoms. The summed E-state index contributed by atoms with van der Waals surface area (Å²) in [6.07, 6.45) is 1.43. The van der Waals surface area contributed by atoms with Gasteiger partial charge in [0.1, 0.15) is 11.1 Å². The fourth-order valence-corrected chi connectivity index (χ4v) is 2.55. The minimum Gasteiger partial charge on any atom is -0.497 e. The minimum atomic E-state index is -0.521. The summed E-state index contributed by atoms with van der Waals surface area (Å²) in [5, 5.41) is 2.87. The molecule has 0 atom stereocenters. The van der Waals surface area contributed by atoms with Gasteiger partial charge in [0.25, 0.3) is 11.5 Å². The third kappa shape index (κ3) is 2.78. The van der Waals surface area contributed by atoms with E-state index < -0.39 is 17.2 Å². The predicted molar refractivity (Wildman–Crippen MR) is 93.2 cm³/mol. The third-order valence-electron chi connectivity index (χ3n) is 3.92. The van der Waals surface area contributed by atoms with E-state index in [0.717, 1.165) is 4.57 Å². The number of nitrogens with one attached hydrogen (secondary N) is 1. The number of aryl methyl sites for hydroxylation is 1. The number of anilines is 1. The summed E-state index contributed by atoms with van der Waals surface area (Å²) in [6, 6.07) is 8.17. The molecule has 0 aliphatic carbocycles. The van der Waals surface area contributed by atoms with Gasteiger partial charge in [-0.05, 0) is 24.3 Å². The SMILES string of the molecule is COc1cccc(C(=O)Nc2ccnc3c2c(=O)n(C)c(=O)n3C)c1. The largest absolute Gasteiger partial charge is 0.497 e. The number of hydrogen-bond donors (Lipinski definition) is 1. The average Bonchev–Trinajstić information content (AvgIpc) is 2.64. The molecule has 2 aromatic heterocycles. The second-order valence-corrected chi connectivity index (χ2v) is 5.45. The Morgan fingerprint density at radius 2 is 1.92 bits per heavy atom. The van der Waals surface area contributed by atoms with Crippen molar-refractivity contribution in [3.8, 4) is 5.75 Å². The van der Waals surface area contributed by atoms with Crippen LogP contribution in [0, 0.1) is 0 Å². The number of fused-ring (bicyclic) bond motifs is 1. The van der Waals surface area contributed by atoms with E-state index in [1.54, 1.807) is 24.3 Å². The van der Waals surface area contributed by atoms with Crippen molar-refractivity contribution in [2.45, 2.75) is 0 Å². The highest BCUT2D eigenvalue weighted by molar-refractivity contribution is 6.08. The zero-order chi connectivity index (χ0) is 18.1. The molecule has 8 nitrogen and oxygen atoms in total. The highest BCUT2D eigenvalue weighted by Crippen LogP contribution is 2.19. The molecule has 1 N–H and O–H groups in total. The molecule has 25 heavy (non-hydrogen) atoms. The van der Waals surface area contributed by atoms with Gasteiger partial charge >= 0.3 is 5.69 Å². The first-order chi connectivity index (χ1) is 11.9. The first kappa shape index (κ1) is 16.4. The van der Waals surface area contributed by atoms with Crippen LogP contribution in [-0.4, -0.2) is 27.1 Å². The van der Waals surface area contributed by atoms with Crippen molar-refractivity contribution in [1.29, 1.82) is 0 Å². The van der Waals surface area contributed by atoms with Crippen LogP contribution in [0.4, 0.5) is 5.69 Å². The summed E-state index contributed by atoms with van der Waals surface area (Å²) >= 11 is 0. The highest BCUT2D eigenvalue weighted by Gasteiger charge is 2.16. The van der Waals surface area contributed by atoms with E-state index in [-0.39, 0.29) is 16.7 Å². The molecule has 8 heteroatoms. The van der Waals surface area contributed by atoms with Gasteiger partial charge in [-0.25, -0.2) is 9.78 Å². The predicted octanol–water partition coefficient (Wildman–Crippen LogP) is 0.893. The Hall–Kier alpha value is -3.42. The van der Waals surface area contributed by atoms with Gasteiger partial charge in [-0.2, -0.15) is 0 Å². The van der Waals surface area contributed by atoms with Gasteiger partial charge in [-0.3, -0.25) is 18.7 Å². The van der Waals surface area contributed by atoms with E-state index in [1.807, 2.05) is 0 Å². The lowest BCUT2D eigenvalue weighted by Gasteiger charge is -2.11. The van der Waals surface area contributed by atoms with Crippen LogP contribution < -0.4 is 21.3 Å². The Bertz CT molecular complexity index is 1100. The molecule has 0 radical (unpaired) electrons. The summed E-state index contributed by atoms with van der Waals surface area (Å²) in [6.45, 7) is 0. The lowest BCUT2D eigenvalue weighted by Crippen LogP contribution is -2.37. The first-order valence-corrected chi connectivity index (χ1v) is 7.44. The Balaban J connectivity index is 2.12. The van der Waals surface area contributed by atoms with E-state index >= 15 is 0 Å². The Labute approximate surface area is 142 Å². The van der Waals surface area contributed by atoms with Gasteiger partial charge in [-0.15, -0.1) is 0 Å². The highest BCUT2D eigenvalue weighted by atomic mass is 16.5. The summed E-state index contributed by atoms with van der Waals surface area (Å²) in [7, 11) is 4.41. The maximum Gasteiger partial charge on any atom is 0.332 e. The number of methoxy groups -OCH3 is 1. The summed E-state index contributed by atoms with van der Waals surface area (Å²) in [5.74, 6) is 0.146. The van der Waals surface area contributed by atoms with Crippen molar-refractivity contribution >= 4 is 22.6 Å². The molecule has 128 valence electrons. The van der Waals surface area contributed by atoms with Crippen LogP contribution in [0.5, 0.6) is 5.75 Å². The quantitative estimate of drug-likeness (QED) is 0.764. The molecule has 2 heterocycles. The van der Waals surface area contributed by atoms with Crippen molar-refractivity contribution in [2.24, 2.45) is 14.1 Å². The van der Waals surface area contributed by atoms with E-state index in [2.05, 4.69) is 10.3 Å². The zero-order valence-electron chi connectivity index (χ0n) is 13.9. The number of rotatable bonds is 3. The Morgan fingerprint density at radius 3 is 2.64 bits per heavy atom. The fraction of sp³-hybridized carbons (Fsp3) is 0.176. The fourth-order valence-electron chi connectivity index (χ4n) is 2.55. The van der Waals surface area contributed by atoms with Crippen LogP contribution in [-0.2, 0) is 14.1 Å². The second kappa shape index (κ2) is 6.23. The molecular weight excluding hydrogens is 324 g/mol. The number of amides is 1. The molecule has 0 aliphatic heterocycles. The lowest BCUT2D eigenvalue weighted by molar-refractivity contribution is 0.102. The Morgan fingerprint density at radius 1 is 1.16 bits per heavy atom. The molecule has 3 aromatic rings. The van der Waals surface area contributed by atoms with E-state index in [4.69, 9.17) is 4.74 Å². The summed E-state index contributed by atoms with van der Waals surface area (Å²) in [5.41, 5.74) is -0.134. The monoisotopic (exact) mass is 340 g/mol. The zero-order valence-corrected chi connectivity index (χ0v) is 13.9. The van der Waals surface area contributed by atoms with Crippen LogP contribution >= 0.6 is 0 Å². The van der Waals surface area contributed by atoms with E-state index in [0.29, 0.717) is 11.3 Å². The molecule has 1 amide bonds. The standard InChI is InChI=1S/C17H16N4O4/c1-20-14-13(16(23)21(2)17(20)24)12(7-8-18-14)19-15(22)10-5-4-6-11(9-10)25-3/h4-9H,1-3H3,(H,18,19,22). The van der Waals surface area contributed by atoms with E-state index in [1.165, 1.54) is 38.0 Å². The van der Waals surface area contributed by atoms with Crippen LogP contribution in [0.25, 0.3) is 11.0 Å². The van der Waals surface area contributed by atoms with Crippen LogP contribution in [0.2, 0.25) is 0 Å². The number of nitrogens with zero attached hydrogens (tertiary/aromatic N) is 3. The molecule has 0 spiro atoms. The van der Waals surface area contributed by atoms with Crippen molar-refractivity contribution in [3.63, 3.8) is 0 Å². The van der Waals surface area contributed by atoms with Crippen molar-refractivity contribution in [2.75, 3.05) is 12.4 Å². The van der Waals surface area contributed by atoms with Crippen molar-refractivity contribution in [3.05, 3.63) is 62.9 Å². The van der Waals surface area contributed by atoms with Gasteiger partial charge in [0.2, 0.25) is 0 Å². The molecule has 0 aliphatic rings. The molecule has 0 unspecified atom stereocenters. The topological polar surface area (TPSA) is 95.2 Å². The number of benzene rings is 1.